The predicted molar refractivity (Wildman–Crippen MR) is 113 cm³/mol. The standard InChI is InChI=1S/C21H16Cl2N4O2/c1-13-18(12-29-14-7-9-24-10-8-14)27-11-3-6-17(20(27)25-13)26-21(28)19-15(22)4-2-5-16(19)23/h2-11H,12H2,1H3,(H,26,28). The lowest BCUT2D eigenvalue weighted by atomic mass is 10.2. The number of amides is 1. The van der Waals surface area contributed by atoms with Gasteiger partial charge in [0.25, 0.3) is 5.91 Å². The molecule has 0 bridgehead atoms. The Hall–Kier alpha value is -3.09. The van der Waals surface area contributed by atoms with Crippen LogP contribution in [0.25, 0.3) is 5.65 Å². The summed E-state index contributed by atoms with van der Waals surface area (Å²) >= 11 is 12.3. The number of aromatic nitrogens is 3. The lowest BCUT2D eigenvalue weighted by Crippen LogP contribution is -2.14. The molecule has 0 saturated heterocycles. The molecule has 29 heavy (non-hydrogen) atoms. The number of anilines is 1. The van der Waals surface area contributed by atoms with Gasteiger partial charge in [0.1, 0.15) is 12.4 Å². The molecule has 0 aliphatic rings. The van der Waals surface area contributed by atoms with E-state index in [4.69, 9.17) is 27.9 Å². The van der Waals surface area contributed by atoms with Crippen LogP contribution in [0.1, 0.15) is 21.7 Å². The van der Waals surface area contributed by atoms with Gasteiger partial charge in [0.2, 0.25) is 0 Å². The minimum absolute atomic E-state index is 0.224. The van der Waals surface area contributed by atoms with Crippen molar-refractivity contribution in [2.45, 2.75) is 13.5 Å². The van der Waals surface area contributed by atoms with E-state index in [1.807, 2.05) is 23.6 Å². The molecular weight excluding hydrogens is 411 g/mol. The molecule has 3 heterocycles. The maximum absolute atomic E-state index is 12.8. The van der Waals surface area contributed by atoms with Gasteiger partial charge in [-0.05, 0) is 43.3 Å². The maximum Gasteiger partial charge on any atom is 0.258 e. The van der Waals surface area contributed by atoms with Crippen LogP contribution in [0.5, 0.6) is 5.75 Å². The Balaban J connectivity index is 1.64. The number of pyridine rings is 2. The zero-order valence-corrected chi connectivity index (χ0v) is 16.9. The molecule has 4 rings (SSSR count). The number of carbonyl (C=O) groups excluding carboxylic acids is 1. The van der Waals surface area contributed by atoms with Crippen LogP contribution in [0.3, 0.4) is 0 Å². The molecule has 0 saturated carbocycles. The van der Waals surface area contributed by atoms with Crippen LogP contribution in [0.2, 0.25) is 10.0 Å². The number of hydrogen-bond acceptors (Lipinski definition) is 4. The van der Waals surface area contributed by atoms with Gasteiger partial charge in [-0.15, -0.1) is 0 Å². The van der Waals surface area contributed by atoms with Crippen molar-refractivity contribution in [1.29, 1.82) is 0 Å². The first-order valence-electron chi connectivity index (χ1n) is 8.79. The lowest BCUT2D eigenvalue weighted by Gasteiger charge is -2.10. The number of ether oxygens (including phenoxy) is 1. The van der Waals surface area contributed by atoms with E-state index in [0.29, 0.717) is 23.7 Å². The van der Waals surface area contributed by atoms with Crippen molar-refractivity contribution in [3.05, 3.63) is 88.1 Å². The summed E-state index contributed by atoms with van der Waals surface area (Å²) in [4.78, 5) is 21.3. The fourth-order valence-electron chi connectivity index (χ4n) is 2.99. The van der Waals surface area contributed by atoms with Gasteiger partial charge in [0.05, 0.1) is 32.7 Å². The van der Waals surface area contributed by atoms with Crippen molar-refractivity contribution >= 4 is 40.4 Å². The molecule has 0 radical (unpaired) electrons. The molecule has 1 amide bonds. The van der Waals surface area contributed by atoms with Crippen molar-refractivity contribution in [3.8, 4) is 5.75 Å². The Morgan fingerprint density at radius 2 is 1.83 bits per heavy atom. The first-order chi connectivity index (χ1) is 14.0. The van der Waals surface area contributed by atoms with Gasteiger partial charge in [-0.3, -0.25) is 14.2 Å². The van der Waals surface area contributed by atoms with E-state index in [9.17, 15) is 4.79 Å². The third-order valence-corrected chi connectivity index (χ3v) is 5.04. The molecule has 146 valence electrons. The van der Waals surface area contributed by atoms with Gasteiger partial charge in [-0.25, -0.2) is 4.98 Å². The molecule has 8 heteroatoms. The molecule has 6 nitrogen and oxygen atoms in total. The molecule has 1 N–H and O–H groups in total. The van der Waals surface area contributed by atoms with Crippen molar-refractivity contribution < 1.29 is 9.53 Å². The fraction of sp³-hybridized carbons (Fsp3) is 0.0952. The second-order valence-corrected chi connectivity index (χ2v) is 7.10. The van der Waals surface area contributed by atoms with Crippen LogP contribution in [0, 0.1) is 6.92 Å². The normalized spacial score (nSPS) is 10.9. The van der Waals surface area contributed by atoms with Crippen molar-refractivity contribution in [1.82, 2.24) is 14.4 Å². The van der Waals surface area contributed by atoms with E-state index in [1.165, 1.54) is 0 Å². The van der Waals surface area contributed by atoms with E-state index in [0.717, 1.165) is 11.4 Å². The third kappa shape index (κ3) is 3.90. The van der Waals surface area contributed by atoms with Crippen LogP contribution < -0.4 is 10.1 Å². The Labute approximate surface area is 177 Å². The van der Waals surface area contributed by atoms with Gasteiger partial charge >= 0.3 is 0 Å². The van der Waals surface area contributed by atoms with E-state index in [1.54, 1.807) is 48.8 Å². The Morgan fingerprint density at radius 3 is 2.55 bits per heavy atom. The van der Waals surface area contributed by atoms with Crippen molar-refractivity contribution in [2.24, 2.45) is 0 Å². The first kappa shape index (κ1) is 19.2. The number of aryl methyl sites for hydroxylation is 1. The summed E-state index contributed by atoms with van der Waals surface area (Å²) in [5.74, 6) is 0.316. The average molecular weight is 427 g/mol. The topological polar surface area (TPSA) is 68.5 Å². The molecule has 0 aliphatic carbocycles. The number of imidazole rings is 1. The monoisotopic (exact) mass is 426 g/mol. The summed E-state index contributed by atoms with van der Waals surface area (Å²) in [7, 11) is 0. The van der Waals surface area contributed by atoms with E-state index in [2.05, 4.69) is 15.3 Å². The number of halogens is 2. The quantitative estimate of drug-likeness (QED) is 0.477. The highest BCUT2D eigenvalue weighted by Gasteiger charge is 2.18. The van der Waals surface area contributed by atoms with E-state index >= 15 is 0 Å². The fourth-order valence-corrected chi connectivity index (χ4v) is 3.56. The lowest BCUT2D eigenvalue weighted by molar-refractivity contribution is 0.102. The number of benzene rings is 1. The first-order valence-corrected chi connectivity index (χ1v) is 9.55. The van der Waals surface area contributed by atoms with Crippen LogP contribution in [0.15, 0.2) is 61.1 Å². The Kier molecular flexibility index (Phi) is 5.38. The zero-order valence-electron chi connectivity index (χ0n) is 15.4. The summed E-state index contributed by atoms with van der Waals surface area (Å²) in [6.07, 6.45) is 5.22. The summed E-state index contributed by atoms with van der Waals surface area (Å²) in [5.41, 5.74) is 3.06. The van der Waals surface area contributed by atoms with Gasteiger partial charge in [0.15, 0.2) is 5.65 Å². The number of nitrogens with one attached hydrogen (secondary N) is 1. The number of nitrogens with zero attached hydrogens (tertiary/aromatic N) is 3. The van der Waals surface area contributed by atoms with Crippen LogP contribution in [0.4, 0.5) is 5.69 Å². The van der Waals surface area contributed by atoms with Gasteiger partial charge in [-0.1, -0.05) is 29.3 Å². The molecule has 0 atom stereocenters. The number of fused-ring (bicyclic) bond motifs is 1. The van der Waals surface area contributed by atoms with Gasteiger partial charge in [0, 0.05) is 18.6 Å². The average Bonchev–Trinajstić information content (AvgIpc) is 3.03. The summed E-state index contributed by atoms with van der Waals surface area (Å²) in [5, 5.41) is 3.43. The number of rotatable bonds is 5. The van der Waals surface area contributed by atoms with Crippen molar-refractivity contribution in [2.75, 3.05) is 5.32 Å². The molecule has 4 aromatic rings. The minimum atomic E-state index is -0.399. The molecule has 3 aromatic heterocycles. The summed E-state index contributed by atoms with van der Waals surface area (Å²) in [6, 6.07) is 12.1. The molecule has 0 fully saturated rings. The second kappa shape index (κ2) is 8.11. The Morgan fingerprint density at radius 1 is 1.10 bits per heavy atom. The number of carbonyl (C=O) groups is 1. The SMILES string of the molecule is Cc1nc2c(NC(=O)c3c(Cl)cccc3Cl)cccn2c1COc1ccncc1. The molecule has 1 aromatic carbocycles. The van der Waals surface area contributed by atoms with Crippen LogP contribution in [-0.2, 0) is 6.61 Å². The molecule has 0 unspecified atom stereocenters. The highest BCUT2D eigenvalue weighted by molar-refractivity contribution is 6.40. The van der Waals surface area contributed by atoms with Gasteiger partial charge < -0.3 is 10.1 Å². The van der Waals surface area contributed by atoms with Crippen molar-refractivity contribution in [3.63, 3.8) is 0 Å². The number of hydrogen-bond donors (Lipinski definition) is 1. The highest BCUT2D eigenvalue weighted by Crippen LogP contribution is 2.27. The molecular formula is C21H16Cl2N4O2. The maximum atomic E-state index is 12.8. The molecule has 0 aliphatic heterocycles. The minimum Gasteiger partial charge on any atom is -0.487 e. The van der Waals surface area contributed by atoms with Gasteiger partial charge in [-0.2, -0.15) is 0 Å². The summed E-state index contributed by atoms with van der Waals surface area (Å²) < 4.78 is 7.73. The van der Waals surface area contributed by atoms with E-state index < -0.39 is 5.91 Å². The van der Waals surface area contributed by atoms with Crippen LogP contribution >= 0.6 is 23.2 Å². The smallest absolute Gasteiger partial charge is 0.258 e. The molecule has 0 spiro atoms. The zero-order chi connectivity index (χ0) is 20.4. The van der Waals surface area contributed by atoms with E-state index in [-0.39, 0.29) is 15.6 Å². The highest BCUT2D eigenvalue weighted by atomic mass is 35.5. The van der Waals surface area contributed by atoms with Crippen LogP contribution in [-0.4, -0.2) is 20.3 Å². The largest absolute Gasteiger partial charge is 0.487 e. The second-order valence-electron chi connectivity index (χ2n) is 6.28. The summed E-state index contributed by atoms with van der Waals surface area (Å²) in [6.45, 7) is 2.22. The third-order valence-electron chi connectivity index (χ3n) is 4.41. The predicted octanol–water partition coefficient (Wildman–Crippen LogP) is 5.18. The Bertz CT molecular complexity index is 1170.